The van der Waals surface area contributed by atoms with Gasteiger partial charge in [0.25, 0.3) is 0 Å². The lowest BCUT2D eigenvalue weighted by atomic mass is 9.77. The van der Waals surface area contributed by atoms with Crippen LogP contribution >= 0.6 is 0 Å². The summed E-state index contributed by atoms with van der Waals surface area (Å²) in [5.74, 6) is 0. The van der Waals surface area contributed by atoms with Crippen LogP contribution in [-0.2, 0) is 0 Å². The molecule has 0 N–H and O–H groups in total. The van der Waals surface area contributed by atoms with Crippen LogP contribution in [0, 0.1) is 0 Å². The molecular formula is C18H24B2N4. The van der Waals surface area contributed by atoms with Gasteiger partial charge in [0.05, 0.1) is 11.4 Å². The molecule has 0 unspecified atom stereocenters. The molecule has 0 saturated heterocycles. The largest absolute Gasteiger partial charge is 0.397 e. The molecule has 2 heterocycles. The van der Waals surface area contributed by atoms with E-state index in [1.54, 1.807) is 0 Å². The standard InChI is InChI=1S/C18H24B2N4/c1-19-21(3)15-11-7-9-13(17(15)23(19)5)14-10-8-12-16-18(14)24(6)20(2)22(16)4/h7-12H,1-6H3. The minimum Gasteiger partial charge on any atom is -0.397 e. The van der Waals surface area contributed by atoms with E-state index in [1.165, 1.54) is 33.9 Å². The van der Waals surface area contributed by atoms with Crippen LogP contribution in [0.4, 0.5) is 22.7 Å². The van der Waals surface area contributed by atoms with E-state index in [1.807, 2.05) is 0 Å². The Bertz CT molecular complexity index is 742. The highest BCUT2D eigenvalue weighted by atomic mass is 15.3. The van der Waals surface area contributed by atoms with Gasteiger partial charge in [0.15, 0.2) is 0 Å². The summed E-state index contributed by atoms with van der Waals surface area (Å²) in [6, 6.07) is 13.3. The zero-order chi connectivity index (χ0) is 17.2. The molecule has 4 nitrogen and oxygen atoms in total. The van der Waals surface area contributed by atoms with Crippen molar-refractivity contribution >= 4 is 36.7 Å². The average Bonchev–Trinajstić information content (AvgIpc) is 2.96. The van der Waals surface area contributed by atoms with Crippen LogP contribution in [0.15, 0.2) is 36.4 Å². The maximum absolute atomic E-state index is 2.38. The Kier molecular flexibility index (Phi) is 3.27. The third-order valence-corrected chi connectivity index (χ3v) is 6.03. The first-order chi connectivity index (χ1) is 11.4. The van der Waals surface area contributed by atoms with Gasteiger partial charge in [0.2, 0.25) is 0 Å². The van der Waals surface area contributed by atoms with Crippen molar-refractivity contribution in [1.29, 1.82) is 0 Å². The highest BCUT2D eigenvalue weighted by Crippen LogP contribution is 2.49. The van der Waals surface area contributed by atoms with E-state index in [0.717, 1.165) is 0 Å². The summed E-state index contributed by atoms with van der Waals surface area (Å²) < 4.78 is 0. The number of anilines is 4. The Morgan fingerprint density at radius 3 is 1.33 bits per heavy atom. The fourth-order valence-electron chi connectivity index (χ4n) is 4.10. The maximum atomic E-state index is 2.38. The molecule has 0 aliphatic carbocycles. The quantitative estimate of drug-likeness (QED) is 0.748. The number of rotatable bonds is 1. The van der Waals surface area contributed by atoms with Crippen LogP contribution < -0.4 is 19.2 Å². The molecule has 0 fully saturated rings. The smallest absolute Gasteiger partial charge is 0.371 e. The molecule has 0 spiro atoms. The van der Waals surface area contributed by atoms with E-state index in [2.05, 4.69) is 97.5 Å². The Labute approximate surface area is 145 Å². The number of nitrogens with zero attached hydrogens (tertiary/aromatic N) is 4. The second-order valence-electron chi connectivity index (χ2n) is 7.05. The van der Waals surface area contributed by atoms with Crippen LogP contribution in [0.2, 0.25) is 13.6 Å². The zero-order valence-corrected chi connectivity index (χ0v) is 15.4. The summed E-state index contributed by atoms with van der Waals surface area (Å²) in [6.07, 6.45) is 0. The normalized spacial score (nSPS) is 16.2. The van der Waals surface area contributed by atoms with Crippen LogP contribution in [0.25, 0.3) is 11.1 Å². The van der Waals surface area contributed by atoms with E-state index >= 15 is 0 Å². The molecule has 2 aliphatic heterocycles. The van der Waals surface area contributed by atoms with E-state index in [9.17, 15) is 0 Å². The molecule has 122 valence electrons. The van der Waals surface area contributed by atoms with Gasteiger partial charge in [-0.25, -0.2) is 0 Å². The number of benzene rings is 2. The van der Waals surface area contributed by atoms with E-state index in [0.29, 0.717) is 14.0 Å². The van der Waals surface area contributed by atoms with Crippen LogP contribution in [0.3, 0.4) is 0 Å². The summed E-state index contributed by atoms with van der Waals surface area (Å²) in [7, 11) is 8.73. The molecule has 0 saturated carbocycles. The van der Waals surface area contributed by atoms with Crippen molar-refractivity contribution in [2.75, 3.05) is 47.4 Å². The molecule has 0 radical (unpaired) electrons. The SMILES string of the molecule is CB1N(C)c2cccc(-c3cccc4c3N(C)B(C)N4C)c2N1C. The van der Waals surface area contributed by atoms with Gasteiger partial charge in [0.1, 0.15) is 0 Å². The highest BCUT2D eigenvalue weighted by molar-refractivity contribution is 6.69. The van der Waals surface area contributed by atoms with Crippen molar-refractivity contribution < 1.29 is 0 Å². The number of para-hydroxylation sites is 2. The van der Waals surface area contributed by atoms with Crippen molar-refractivity contribution in [3.63, 3.8) is 0 Å². The summed E-state index contributed by atoms with van der Waals surface area (Å²) in [4.78, 5) is 9.46. The van der Waals surface area contributed by atoms with Gasteiger partial charge in [-0.1, -0.05) is 24.3 Å². The zero-order valence-electron chi connectivity index (χ0n) is 15.4. The molecule has 24 heavy (non-hydrogen) atoms. The first kappa shape index (κ1) is 15.3. The van der Waals surface area contributed by atoms with Crippen LogP contribution in [0.1, 0.15) is 0 Å². The molecule has 0 amide bonds. The summed E-state index contributed by atoms with van der Waals surface area (Å²) in [6.45, 7) is 5.25. The third kappa shape index (κ3) is 1.83. The maximum Gasteiger partial charge on any atom is 0.371 e. The van der Waals surface area contributed by atoms with E-state index in [-0.39, 0.29) is 0 Å². The van der Waals surface area contributed by atoms with Crippen molar-refractivity contribution in [2.24, 2.45) is 0 Å². The molecule has 0 bridgehead atoms. The highest BCUT2D eigenvalue weighted by Gasteiger charge is 2.37. The summed E-state index contributed by atoms with van der Waals surface area (Å²) in [5, 5.41) is 0. The topological polar surface area (TPSA) is 13.0 Å². The molecule has 2 aromatic rings. The number of hydrogen-bond donors (Lipinski definition) is 0. The van der Waals surface area contributed by atoms with Crippen molar-refractivity contribution in [1.82, 2.24) is 0 Å². The van der Waals surface area contributed by atoms with Gasteiger partial charge >= 0.3 is 14.0 Å². The van der Waals surface area contributed by atoms with Crippen LogP contribution in [0.5, 0.6) is 0 Å². The van der Waals surface area contributed by atoms with E-state index in [4.69, 9.17) is 0 Å². The second-order valence-corrected chi connectivity index (χ2v) is 7.05. The van der Waals surface area contributed by atoms with Gasteiger partial charge in [-0.2, -0.15) is 0 Å². The van der Waals surface area contributed by atoms with E-state index < -0.39 is 0 Å². The average molecular weight is 318 g/mol. The van der Waals surface area contributed by atoms with Gasteiger partial charge in [-0.3, -0.25) is 0 Å². The first-order valence-electron chi connectivity index (χ1n) is 8.61. The molecular weight excluding hydrogens is 294 g/mol. The number of fused-ring (bicyclic) bond motifs is 2. The second kappa shape index (κ2) is 5.13. The third-order valence-electron chi connectivity index (χ3n) is 6.03. The van der Waals surface area contributed by atoms with Gasteiger partial charge in [0, 0.05) is 22.5 Å². The predicted octanol–water partition coefficient (Wildman–Crippen LogP) is 3.36. The first-order valence-corrected chi connectivity index (χ1v) is 8.61. The fraction of sp³-hybridized carbons (Fsp3) is 0.333. The lowest BCUT2D eigenvalue weighted by molar-refractivity contribution is 1.29. The van der Waals surface area contributed by atoms with Crippen LogP contribution in [-0.4, -0.2) is 42.2 Å². The fourth-order valence-corrected chi connectivity index (χ4v) is 4.10. The molecule has 6 heteroatoms. The molecule has 4 rings (SSSR count). The van der Waals surface area contributed by atoms with Crippen molar-refractivity contribution in [3.05, 3.63) is 36.4 Å². The minimum absolute atomic E-state index is 0.372. The number of hydrogen-bond acceptors (Lipinski definition) is 4. The Balaban J connectivity index is 1.96. The van der Waals surface area contributed by atoms with Gasteiger partial charge < -0.3 is 19.2 Å². The lowest BCUT2D eigenvalue weighted by Gasteiger charge is -2.23. The molecule has 2 aromatic carbocycles. The summed E-state index contributed by atoms with van der Waals surface area (Å²) >= 11 is 0. The molecule has 0 atom stereocenters. The monoisotopic (exact) mass is 318 g/mol. The Morgan fingerprint density at radius 2 is 0.958 bits per heavy atom. The van der Waals surface area contributed by atoms with Gasteiger partial charge in [-0.05, 0) is 54.0 Å². The lowest BCUT2D eigenvalue weighted by Crippen LogP contribution is -2.41. The molecule has 2 aliphatic rings. The predicted molar refractivity (Wildman–Crippen MR) is 109 cm³/mol. The molecule has 0 aromatic heterocycles. The van der Waals surface area contributed by atoms with Crippen molar-refractivity contribution in [2.45, 2.75) is 13.6 Å². The van der Waals surface area contributed by atoms with Crippen molar-refractivity contribution in [3.8, 4) is 11.1 Å². The Morgan fingerprint density at radius 1 is 0.583 bits per heavy atom. The van der Waals surface area contributed by atoms with Gasteiger partial charge in [-0.15, -0.1) is 0 Å². The summed E-state index contributed by atoms with van der Waals surface area (Å²) in [5.41, 5.74) is 7.91. The minimum atomic E-state index is 0.372. The Hall–Kier alpha value is -2.23.